The van der Waals surface area contributed by atoms with Crippen LogP contribution in [0, 0.1) is 0 Å². The third kappa shape index (κ3) is 3.03. The fourth-order valence-corrected chi connectivity index (χ4v) is 1.99. The molecule has 7 heteroatoms. The molecule has 0 bridgehead atoms. The van der Waals surface area contributed by atoms with E-state index in [-0.39, 0.29) is 24.4 Å². The first-order chi connectivity index (χ1) is 10.7. The number of nitrogens with one attached hydrogen (secondary N) is 2. The second-order valence-electron chi connectivity index (χ2n) is 4.56. The summed E-state index contributed by atoms with van der Waals surface area (Å²) in [6.45, 7) is 0.773. The van der Waals surface area contributed by atoms with Crippen LogP contribution in [0.1, 0.15) is 20.9 Å². The van der Waals surface area contributed by atoms with Crippen LogP contribution in [0.5, 0.6) is 11.5 Å². The summed E-state index contributed by atoms with van der Waals surface area (Å²) in [7, 11) is 0. The van der Waals surface area contributed by atoms with Gasteiger partial charge in [-0.05, 0) is 30.3 Å². The van der Waals surface area contributed by atoms with Crippen LogP contribution >= 0.6 is 0 Å². The molecular weight excluding hydrogens is 288 g/mol. The van der Waals surface area contributed by atoms with Gasteiger partial charge in [0, 0.05) is 18.7 Å². The Bertz CT molecular complexity index is 681. The zero-order valence-corrected chi connectivity index (χ0v) is 11.6. The summed E-state index contributed by atoms with van der Waals surface area (Å²) < 4.78 is 15.4. The largest absolute Gasteiger partial charge is 0.459 e. The summed E-state index contributed by atoms with van der Waals surface area (Å²) in [5, 5.41) is 5.35. The zero-order valence-electron chi connectivity index (χ0n) is 11.6. The van der Waals surface area contributed by atoms with Gasteiger partial charge in [-0.25, -0.2) is 0 Å². The standard InChI is InChI=1S/C15H14N2O5/c18-14(10-3-4-11-13(8-10)22-9-21-11)16-5-6-17-15(19)12-2-1-7-20-12/h1-4,7-8H,5-6,9H2,(H,16,18)(H,17,19). The second kappa shape index (κ2) is 6.21. The van der Waals surface area contributed by atoms with Crippen molar-refractivity contribution in [2.45, 2.75) is 0 Å². The lowest BCUT2D eigenvalue weighted by Gasteiger charge is -2.07. The Labute approximate surface area is 126 Å². The Morgan fingerprint density at radius 1 is 1.00 bits per heavy atom. The number of carbonyl (C=O) groups is 2. The van der Waals surface area contributed by atoms with E-state index in [0.29, 0.717) is 30.2 Å². The smallest absolute Gasteiger partial charge is 0.287 e. The molecule has 0 saturated heterocycles. The van der Waals surface area contributed by atoms with E-state index in [2.05, 4.69) is 10.6 Å². The Kier molecular flexibility index (Phi) is 3.95. The van der Waals surface area contributed by atoms with Gasteiger partial charge >= 0.3 is 0 Å². The van der Waals surface area contributed by atoms with E-state index in [9.17, 15) is 9.59 Å². The second-order valence-corrected chi connectivity index (χ2v) is 4.56. The van der Waals surface area contributed by atoms with Gasteiger partial charge in [0.25, 0.3) is 11.8 Å². The Morgan fingerprint density at radius 2 is 1.77 bits per heavy atom. The van der Waals surface area contributed by atoms with Gasteiger partial charge in [-0.1, -0.05) is 0 Å². The topological polar surface area (TPSA) is 89.8 Å². The van der Waals surface area contributed by atoms with Crippen LogP contribution in [0.3, 0.4) is 0 Å². The van der Waals surface area contributed by atoms with Crippen LogP contribution in [0.15, 0.2) is 41.0 Å². The van der Waals surface area contributed by atoms with Crippen molar-refractivity contribution in [2.75, 3.05) is 19.9 Å². The SMILES string of the molecule is O=C(NCCNC(=O)c1ccco1)c1ccc2c(c1)OCO2. The average molecular weight is 302 g/mol. The molecule has 0 spiro atoms. The number of hydrogen-bond acceptors (Lipinski definition) is 5. The molecular formula is C15H14N2O5. The van der Waals surface area contributed by atoms with E-state index >= 15 is 0 Å². The molecule has 0 unspecified atom stereocenters. The number of hydrogen-bond donors (Lipinski definition) is 2. The molecule has 2 heterocycles. The highest BCUT2D eigenvalue weighted by molar-refractivity contribution is 5.95. The highest BCUT2D eigenvalue weighted by Crippen LogP contribution is 2.32. The van der Waals surface area contributed by atoms with Crippen LogP contribution in [-0.2, 0) is 0 Å². The lowest BCUT2D eigenvalue weighted by atomic mass is 10.2. The van der Waals surface area contributed by atoms with Gasteiger partial charge in [-0.3, -0.25) is 9.59 Å². The molecule has 22 heavy (non-hydrogen) atoms. The lowest BCUT2D eigenvalue weighted by molar-refractivity contribution is 0.0910. The maximum atomic E-state index is 12.0. The molecule has 1 aromatic heterocycles. The molecule has 1 aromatic carbocycles. The fourth-order valence-electron chi connectivity index (χ4n) is 1.99. The molecule has 1 aliphatic rings. The van der Waals surface area contributed by atoms with E-state index in [1.807, 2.05) is 0 Å². The zero-order chi connectivity index (χ0) is 15.4. The van der Waals surface area contributed by atoms with Gasteiger partial charge in [0.1, 0.15) is 0 Å². The number of amides is 2. The molecule has 0 atom stereocenters. The van der Waals surface area contributed by atoms with Crippen molar-refractivity contribution < 1.29 is 23.5 Å². The van der Waals surface area contributed by atoms with Crippen molar-refractivity contribution in [1.82, 2.24) is 10.6 Å². The summed E-state index contributed by atoms with van der Waals surface area (Å²) >= 11 is 0. The maximum absolute atomic E-state index is 12.0. The van der Waals surface area contributed by atoms with Crippen molar-refractivity contribution >= 4 is 11.8 Å². The summed E-state index contributed by atoms with van der Waals surface area (Å²) in [5.41, 5.74) is 0.474. The molecule has 0 radical (unpaired) electrons. The summed E-state index contributed by atoms with van der Waals surface area (Å²) in [6.07, 6.45) is 1.43. The van der Waals surface area contributed by atoms with Crippen LogP contribution < -0.4 is 20.1 Å². The molecule has 3 rings (SSSR count). The third-order valence-electron chi connectivity index (χ3n) is 3.08. The molecule has 0 fully saturated rings. The number of fused-ring (bicyclic) bond motifs is 1. The van der Waals surface area contributed by atoms with E-state index in [4.69, 9.17) is 13.9 Å². The van der Waals surface area contributed by atoms with Crippen LogP contribution in [0.25, 0.3) is 0 Å². The number of carbonyl (C=O) groups excluding carboxylic acids is 2. The van der Waals surface area contributed by atoms with Crippen molar-refractivity contribution in [2.24, 2.45) is 0 Å². The first-order valence-electron chi connectivity index (χ1n) is 6.73. The molecule has 1 aliphatic heterocycles. The van der Waals surface area contributed by atoms with Crippen molar-refractivity contribution in [3.05, 3.63) is 47.9 Å². The van der Waals surface area contributed by atoms with Crippen LogP contribution in [-0.4, -0.2) is 31.7 Å². The van der Waals surface area contributed by atoms with E-state index in [0.717, 1.165) is 0 Å². The molecule has 114 valence electrons. The number of furan rings is 1. The van der Waals surface area contributed by atoms with Gasteiger partial charge in [0.2, 0.25) is 6.79 Å². The molecule has 2 N–H and O–H groups in total. The third-order valence-corrected chi connectivity index (χ3v) is 3.08. The number of rotatable bonds is 5. The summed E-state index contributed by atoms with van der Waals surface area (Å²) in [5.74, 6) is 0.857. The number of ether oxygens (including phenoxy) is 2. The summed E-state index contributed by atoms with van der Waals surface area (Å²) in [4.78, 5) is 23.6. The minimum Gasteiger partial charge on any atom is -0.459 e. The first-order valence-corrected chi connectivity index (χ1v) is 6.73. The van der Waals surface area contributed by atoms with E-state index in [1.54, 1.807) is 30.3 Å². The van der Waals surface area contributed by atoms with Gasteiger partial charge in [0.05, 0.1) is 6.26 Å². The minimum absolute atomic E-state index is 0.166. The summed E-state index contributed by atoms with van der Waals surface area (Å²) in [6, 6.07) is 8.18. The lowest BCUT2D eigenvalue weighted by Crippen LogP contribution is -2.34. The first kappa shape index (κ1) is 14.0. The van der Waals surface area contributed by atoms with Crippen molar-refractivity contribution in [3.8, 4) is 11.5 Å². The van der Waals surface area contributed by atoms with E-state index < -0.39 is 0 Å². The number of benzene rings is 1. The highest BCUT2D eigenvalue weighted by Gasteiger charge is 2.16. The minimum atomic E-state index is -0.317. The monoisotopic (exact) mass is 302 g/mol. The van der Waals surface area contributed by atoms with E-state index in [1.165, 1.54) is 6.26 Å². The van der Waals surface area contributed by atoms with Gasteiger partial charge in [-0.2, -0.15) is 0 Å². The molecule has 2 aromatic rings. The Morgan fingerprint density at radius 3 is 2.55 bits per heavy atom. The van der Waals surface area contributed by atoms with Gasteiger partial charge < -0.3 is 24.5 Å². The highest BCUT2D eigenvalue weighted by atomic mass is 16.7. The van der Waals surface area contributed by atoms with Gasteiger partial charge in [0.15, 0.2) is 17.3 Å². The van der Waals surface area contributed by atoms with Crippen LogP contribution in [0.2, 0.25) is 0 Å². The quantitative estimate of drug-likeness (QED) is 0.809. The molecule has 0 saturated carbocycles. The molecule has 2 amide bonds. The molecule has 0 aliphatic carbocycles. The Balaban J connectivity index is 1.45. The van der Waals surface area contributed by atoms with Crippen molar-refractivity contribution in [3.63, 3.8) is 0 Å². The van der Waals surface area contributed by atoms with Crippen LogP contribution in [0.4, 0.5) is 0 Å². The predicted octanol–water partition coefficient (Wildman–Crippen LogP) is 1.17. The van der Waals surface area contributed by atoms with Gasteiger partial charge in [-0.15, -0.1) is 0 Å². The average Bonchev–Trinajstić information content (AvgIpc) is 3.20. The normalized spacial score (nSPS) is 12.0. The predicted molar refractivity (Wildman–Crippen MR) is 75.9 cm³/mol. The fraction of sp³-hybridized carbons (Fsp3) is 0.200. The molecule has 7 nitrogen and oxygen atoms in total. The Hall–Kier alpha value is -2.96. The maximum Gasteiger partial charge on any atom is 0.287 e. The van der Waals surface area contributed by atoms with Crippen molar-refractivity contribution in [1.29, 1.82) is 0 Å².